The summed E-state index contributed by atoms with van der Waals surface area (Å²) in [6, 6.07) is 5.48. The Morgan fingerprint density at radius 1 is 1.44 bits per heavy atom. The molecule has 0 bridgehead atoms. The van der Waals surface area contributed by atoms with Crippen molar-refractivity contribution in [2.75, 3.05) is 6.54 Å². The third-order valence-corrected chi connectivity index (χ3v) is 4.60. The molecule has 1 aromatic rings. The normalized spacial score (nSPS) is 23.1. The van der Waals surface area contributed by atoms with Crippen molar-refractivity contribution in [1.82, 2.24) is 5.32 Å². The number of hydrogen-bond donors (Lipinski definition) is 1. The first-order valence-corrected chi connectivity index (χ1v) is 7.08. The van der Waals surface area contributed by atoms with E-state index < -0.39 is 0 Å². The second-order valence-electron chi connectivity index (χ2n) is 4.85. The van der Waals surface area contributed by atoms with Crippen molar-refractivity contribution < 1.29 is 4.79 Å². The summed E-state index contributed by atoms with van der Waals surface area (Å²) in [6.45, 7) is 2.53. The molecule has 0 aliphatic heterocycles. The summed E-state index contributed by atoms with van der Waals surface area (Å²) in [6.07, 6.45) is 3.29. The highest BCUT2D eigenvalue weighted by Crippen LogP contribution is 2.29. The van der Waals surface area contributed by atoms with Gasteiger partial charge in [0.05, 0.1) is 10.6 Å². The Morgan fingerprint density at radius 2 is 2.22 bits per heavy atom. The molecule has 18 heavy (non-hydrogen) atoms. The molecule has 4 heteroatoms. The molecular weight excluding hydrogens is 269 g/mol. The average molecular weight is 286 g/mol. The van der Waals surface area contributed by atoms with Crippen molar-refractivity contribution >= 4 is 29.1 Å². The van der Waals surface area contributed by atoms with Gasteiger partial charge in [0, 0.05) is 11.9 Å². The topological polar surface area (TPSA) is 29.1 Å². The molecule has 98 valence electrons. The molecule has 0 radical (unpaired) electrons. The van der Waals surface area contributed by atoms with Crippen molar-refractivity contribution in [2.24, 2.45) is 5.92 Å². The predicted molar refractivity (Wildman–Crippen MR) is 75.5 cm³/mol. The second kappa shape index (κ2) is 5.94. The van der Waals surface area contributed by atoms with Gasteiger partial charge in [0.2, 0.25) is 0 Å². The van der Waals surface area contributed by atoms with E-state index in [1.807, 2.05) is 19.1 Å². The number of alkyl halides is 1. The summed E-state index contributed by atoms with van der Waals surface area (Å²) in [5, 5.41) is 3.66. The molecule has 1 aromatic carbocycles. The summed E-state index contributed by atoms with van der Waals surface area (Å²) < 4.78 is 0. The lowest BCUT2D eigenvalue weighted by Gasteiger charge is -2.15. The lowest BCUT2D eigenvalue weighted by atomic mass is 10.1. The van der Waals surface area contributed by atoms with Crippen LogP contribution in [0.25, 0.3) is 0 Å². The Bertz CT molecular complexity index is 447. The van der Waals surface area contributed by atoms with Crippen LogP contribution in [-0.2, 0) is 0 Å². The highest BCUT2D eigenvalue weighted by atomic mass is 35.5. The highest BCUT2D eigenvalue weighted by molar-refractivity contribution is 6.34. The molecule has 1 saturated carbocycles. The summed E-state index contributed by atoms with van der Waals surface area (Å²) in [4.78, 5) is 12.0. The Morgan fingerprint density at radius 3 is 2.89 bits per heavy atom. The van der Waals surface area contributed by atoms with Gasteiger partial charge in [-0.1, -0.05) is 30.2 Å². The lowest BCUT2D eigenvalue weighted by molar-refractivity contribution is 0.0947. The first-order chi connectivity index (χ1) is 8.59. The zero-order chi connectivity index (χ0) is 13.1. The van der Waals surface area contributed by atoms with E-state index in [0.717, 1.165) is 24.8 Å². The molecule has 2 nitrogen and oxygen atoms in total. The van der Waals surface area contributed by atoms with Gasteiger partial charge in [0.15, 0.2) is 0 Å². The SMILES string of the molecule is Cc1cccc(C(=O)NCC2CCCC2Cl)c1Cl. The maximum atomic E-state index is 12.0. The third kappa shape index (κ3) is 2.99. The number of rotatable bonds is 3. The zero-order valence-corrected chi connectivity index (χ0v) is 11.9. The number of benzene rings is 1. The molecular formula is C14H17Cl2NO. The van der Waals surface area contributed by atoms with E-state index in [-0.39, 0.29) is 11.3 Å². The Balaban J connectivity index is 1.97. The summed E-state index contributed by atoms with van der Waals surface area (Å²) in [5.41, 5.74) is 1.46. The van der Waals surface area contributed by atoms with Crippen LogP contribution in [0.1, 0.15) is 35.2 Å². The maximum Gasteiger partial charge on any atom is 0.252 e. The van der Waals surface area contributed by atoms with E-state index in [9.17, 15) is 4.79 Å². The van der Waals surface area contributed by atoms with Crippen LogP contribution in [-0.4, -0.2) is 17.8 Å². The van der Waals surface area contributed by atoms with Crippen LogP contribution in [0.15, 0.2) is 18.2 Å². The molecule has 0 heterocycles. The Kier molecular flexibility index (Phi) is 4.52. The van der Waals surface area contributed by atoms with Crippen LogP contribution in [0, 0.1) is 12.8 Å². The number of halogens is 2. The van der Waals surface area contributed by atoms with Crippen LogP contribution < -0.4 is 5.32 Å². The van der Waals surface area contributed by atoms with Crippen LogP contribution in [0.5, 0.6) is 0 Å². The van der Waals surface area contributed by atoms with Gasteiger partial charge in [-0.2, -0.15) is 0 Å². The van der Waals surface area contributed by atoms with Gasteiger partial charge < -0.3 is 5.32 Å². The summed E-state index contributed by atoms with van der Waals surface area (Å²) >= 11 is 12.3. The Hall–Kier alpha value is -0.730. The smallest absolute Gasteiger partial charge is 0.252 e. The fraction of sp³-hybridized carbons (Fsp3) is 0.500. The number of carbonyl (C=O) groups is 1. The van der Waals surface area contributed by atoms with Gasteiger partial charge >= 0.3 is 0 Å². The second-order valence-corrected chi connectivity index (χ2v) is 5.79. The standard InChI is InChI=1S/C14H17Cl2NO/c1-9-4-2-6-11(13(9)16)14(18)17-8-10-5-3-7-12(10)15/h2,4,6,10,12H,3,5,7-8H2,1H3,(H,17,18). The van der Waals surface area contributed by atoms with E-state index >= 15 is 0 Å². The minimum Gasteiger partial charge on any atom is -0.352 e. The Labute approximate surface area is 118 Å². The van der Waals surface area contributed by atoms with E-state index in [4.69, 9.17) is 23.2 Å². The number of hydrogen-bond acceptors (Lipinski definition) is 1. The number of amides is 1. The number of aryl methyl sites for hydroxylation is 1. The van der Waals surface area contributed by atoms with Crippen molar-refractivity contribution in [2.45, 2.75) is 31.6 Å². The van der Waals surface area contributed by atoms with Gasteiger partial charge in [-0.15, -0.1) is 11.6 Å². The molecule has 1 amide bonds. The number of carbonyl (C=O) groups excluding carboxylic acids is 1. The van der Waals surface area contributed by atoms with Gasteiger partial charge in [-0.25, -0.2) is 0 Å². The van der Waals surface area contributed by atoms with Crippen LogP contribution in [0.3, 0.4) is 0 Å². The minimum atomic E-state index is -0.112. The molecule has 0 saturated heterocycles. The van der Waals surface area contributed by atoms with Crippen molar-refractivity contribution in [1.29, 1.82) is 0 Å². The van der Waals surface area contributed by atoms with E-state index in [0.29, 0.717) is 23.0 Å². The third-order valence-electron chi connectivity index (χ3n) is 3.53. The molecule has 1 N–H and O–H groups in total. The van der Waals surface area contributed by atoms with Gasteiger partial charge in [0.1, 0.15) is 0 Å². The molecule has 0 aromatic heterocycles. The largest absolute Gasteiger partial charge is 0.352 e. The molecule has 2 atom stereocenters. The average Bonchev–Trinajstić information content (AvgIpc) is 2.75. The van der Waals surface area contributed by atoms with Gasteiger partial charge in [0.25, 0.3) is 5.91 Å². The fourth-order valence-electron chi connectivity index (χ4n) is 2.36. The summed E-state index contributed by atoms with van der Waals surface area (Å²) in [7, 11) is 0. The maximum absolute atomic E-state index is 12.0. The quantitative estimate of drug-likeness (QED) is 0.842. The minimum absolute atomic E-state index is 0.112. The summed E-state index contributed by atoms with van der Waals surface area (Å²) in [5.74, 6) is 0.277. The van der Waals surface area contributed by atoms with Gasteiger partial charge in [-0.05, 0) is 37.3 Å². The molecule has 1 fully saturated rings. The monoisotopic (exact) mass is 285 g/mol. The fourth-order valence-corrected chi connectivity index (χ4v) is 2.94. The highest BCUT2D eigenvalue weighted by Gasteiger charge is 2.25. The van der Waals surface area contributed by atoms with E-state index in [1.54, 1.807) is 6.07 Å². The lowest BCUT2D eigenvalue weighted by Crippen LogP contribution is -2.31. The first-order valence-electron chi connectivity index (χ1n) is 6.27. The molecule has 1 aliphatic carbocycles. The van der Waals surface area contributed by atoms with Crippen molar-refractivity contribution in [3.8, 4) is 0 Å². The molecule has 1 aliphatic rings. The van der Waals surface area contributed by atoms with E-state index in [2.05, 4.69) is 5.32 Å². The van der Waals surface area contributed by atoms with E-state index in [1.165, 1.54) is 0 Å². The molecule has 2 unspecified atom stereocenters. The number of nitrogens with one attached hydrogen (secondary N) is 1. The van der Waals surface area contributed by atoms with Crippen LogP contribution in [0.2, 0.25) is 5.02 Å². The first kappa shape index (κ1) is 13.7. The van der Waals surface area contributed by atoms with Crippen molar-refractivity contribution in [3.63, 3.8) is 0 Å². The molecule has 0 spiro atoms. The van der Waals surface area contributed by atoms with Crippen molar-refractivity contribution in [3.05, 3.63) is 34.3 Å². The predicted octanol–water partition coefficient (Wildman–Crippen LogP) is 3.79. The van der Waals surface area contributed by atoms with Crippen LogP contribution >= 0.6 is 23.2 Å². The van der Waals surface area contributed by atoms with Crippen LogP contribution in [0.4, 0.5) is 0 Å². The molecule has 2 rings (SSSR count). The van der Waals surface area contributed by atoms with Gasteiger partial charge in [-0.3, -0.25) is 4.79 Å². The zero-order valence-electron chi connectivity index (χ0n) is 10.4.